The van der Waals surface area contributed by atoms with Crippen molar-refractivity contribution in [3.63, 3.8) is 0 Å². The van der Waals surface area contributed by atoms with Crippen LogP contribution < -0.4 is 20.9 Å². The van der Waals surface area contributed by atoms with Gasteiger partial charge in [-0.3, -0.25) is 14.4 Å². The van der Waals surface area contributed by atoms with E-state index in [4.69, 9.17) is 21.2 Å². The third-order valence-electron chi connectivity index (χ3n) is 6.39. The predicted molar refractivity (Wildman–Crippen MR) is 105 cm³/mol. The van der Waals surface area contributed by atoms with Gasteiger partial charge in [-0.1, -0.05) is 11.6 Å². The second-order valence-electron chi connectivity index (χ2n) is 8.35. The molecule has 2 bridgehead atoms. The number of ether oxygens (including phenoxy) is 1. The highest BCUT2D eigenvalue weighted by Gasteiger charge is 2.55. The molecule has 5 rings (SSSR count). The number of rotatable bonds is 6. The van der Waals surface area contributed by atoms with Crippen molar-refractivity contribution in [1.29, 1.82) is 0 Å². The summed E-state index contributed by atoms with van der Waals surface area (Å²) in [4.78, 5) is 30.1. The third-order valence-corrected chi connectivity index (χ3v) is 6.69. The van der Waals surface area contributed by atoms with Crippen LogP contribution in [0.1, 0.15) is 38.5 Å². The van der Waals surface area contributed by atoms with E-state index in [9.17, 15) is 19.1 Å². The minimum absolute atomic E-state index is 0.0181. The molecule has 4 fully saturated rings. The van der Waals surface area contributed by atoms with Crippen LogP contribution in [0.25, 0.3) is 0 Å². The highest BCUT2D eigenvalue weighted by molar-refractivity contribution is 6.30. The zero-order chi connectivity index (χ0) is 21.4. The molecular weight excluding hydrogens is 417 g/mol. The van der Waals surface area contributed by atoms with Crippen molar-refractivity contribution in [3.05, 3.63) is 29.0 Å². The number of hydrogen-bond acceptors (Lipinski definition) is 6. The molecule has 1 aromatic rings. The molecule has 1 heterocycles. The average molecular weight is 442 g/mol. The standard InChI is InChI=1S/C20H25ClFN3O5/c21-13-2-1-12(9-14(13)22)29-11-17(27)24-19-4-6-20(7-5-19,16(26)10-19)25-18(28)15-3-8-23-30-15/h1-2,9,15-16,23,26H,3-8,10-11H2,(H,24,27)(H,25,28). The van der Waals surface area contributed by atoms with Crippen LogP contribution >= 0.6 is 11.6 Å². The number of carbonyl (C=O) groups is 2. The highest BCUT2D eigenvalue weighted by Crippen LogP contribution is 2.47. The van der Waals surface area contributed by atoms with Gasteiger partial charge in [0.05, 0.1) is 16.7 Å². The first-order valence-electron chi connectivity index (χ1n) is 10.1. The zero-order valence-corrected chi connectivity index (χ0v) is 17.1. The summed E-state index contributed by atoms with van der Waals surface area (Å²) >= 11 is 5.64. The fourth-order valence-electron chi connectivity index (χ4n) is 4.63. The number of aliphatic hydroxyl groups is 1. The molecule has 1 saturated heterocycles. The van der Waals surface area contributed by atoms with E-state index in [1.54, 1.807) is 0 Å². The van der Waals surface area contributed by atoms with Crippen LogP contribution in [0.2, 0.25) is 5.02 Å². The van der Waals surface area contributed by atoms with Gasteiger partial charge in [0.15, 0.2) is 12.7 Å². The first-order valence-corrected chi connectivity index (χ1v) is 10.5. The number of hydrogen-bond donors (Lipinski definition) is 4. The van der Waals surface area contributed by atoms with Crippen molar-refractivity contribution < 1.29 is 28.7 Å². The van der Waals surface area contributed by atoms with Crippen LogP contribution in [0.15, 0.2) is 18.2 Å². The summed E-state index contributed by atoms with van der Waals surface area (Å²) in [5, 5.41) is 16.7. The maximum Gasteiger partial charge on any atom is 0.258 e. The SMILES string of the molecule is O=C(COc1ccc(Cl)c(F)c1)NC12CCC(NC(=O)C3CCNO3)(CC1)C(O)C2. The van der Waals surface area contributed by atoms with E-state index in [-0.39, 0.29) is 29.2 Å². The molecule has 2 atom stereocenters. The molecule has 1 aliphatic heterocycles. The number of nitrogens with one attached hydrogen (secondary N) is 3. The Labute approximate surface area is 178 Å². The van der Waals surface area contributed by atoms with Crippen molar-refractivity contribution in [1.82, 2.24) is 16.1 Å². The Kier molecular flexibility index (Phi) is 5.89. The van der Waals surface area contributed by atoms with Crippen LogP contribution in [0, 0.1) is 5.82 Å². The minimum atomic E-state index is -0.773. The molecular formula is C20H25ClFN3O5. The van der Waals surface area contributed by atoms with Crippen LogP contribution in [-0.2, 0) is 14.4 Å². The molecule has 1 aromatic carbocycles. The molecule has 8 nitrogen and oxygen atoms in total. The molecule has 164 valence electrons. The summed E-state index contributed by atoms with van der Waals surface area (Å²) in [6.07, 6.45) is 2.01. The van der Waals surface area contributed by atoms with Gasteiger partial charge in [-0.2, -0.15) is 0 Å². The molecule has 4 N–H and O–H groups in total. The Morgan fingerprint density at radius 2 is 2.07 bits per heavy atom. The van der Waals surface area contributed by atoms with Gasteiger partial charge in [-0.25, -0.2) is 9.87 Å². The largest absolute Gasteiger partial charge is 0.484 e. The van der Waals surface area contributed by atoms with Gasteiger partial charge in [-0.15, -0.1) is 0 Å². The number of carbonyl (C=O) groups excluding carboxylic acids is 2. The molecule has 30 heavy (non-hydrogen) atoms. The summed E-state index contributed by atoms with van der Waals surface area (Å²) in [5.41, 5.74) is 1.46. The number of fused-ring (bicyclic) bond motifs is 3. The van der Waals surface area contributed by atoms with Crippen molar-refractivity contribution >= 4 is 23.4 Å². The summed E-state index contributed by atoms with van der Waals surface area (Å²) in [5.74, 6) is -0.974. The van der Waals surface area contributed by atoms with Gasteiger partial charge < -0.3 is 20.5 Å². The maximum atomic E-state index is 13.5. The lowest BCUT2D eigenvalue weighted by Crippen LogP contribution is -2.71. The van der Waals surface area contributed by atoms with E-state index in [1.165, 1.54) is 12.1 Å². The Morgan fingerprint density at radius 1 is 1.30 bits per heavy atom. The first kappa shape index (κ1) is 21.3. The summed E-state index contributed by atoms with van der Waals surface area (Å²) in [6, 6.07) is 3.98. The molecule has 2 unspecified atom stereocenters. The minimum Gasteiger partial charge on any atom is -0.484 e. The molecule has 0 aromatic heterocycles. The fourth-order valence-corrected chi connectivity index (χ4v) is 4.75. The summed E-state index contributed by atoms with van der Waals surface area (Å²) < 4.78 is 18.8. The lowest BCUT2D eigenvalue weighted by molar-refractivity contribution is -0.143. The Hall–Kier alpha value is -1.94. The third kappa shape index (κ3) is 4.25. The summed E-state index contributed by atoms with van der Waals surface area (Å²) in [6.45, 7) is 0.348. The summed E-state index contributed by atoms with van der Waals surface area (Å²) in [7, 11) is 0. The van der Waals surface area contributed by atoms with Crippen molar-refractivity contribution in [2.45, 2.75) is 61.8 Å². The zero-order valence-electron chi connectivity index (χ0n) is 16.4. The van der Waals surface area contributed by atoms with Crippen LogP contribution in [0.3, 0.4) is 0 Å². The van der Waals surface area contributed by atoms with Gasteiger partial charge in [0.2, 0.25) is 0 Å². The monoisotopic (exact) mass is 441 g/mol. The lowest BCUT2D eigenvalue weighted by atomic mass is 9.60. The predicted octanol–water partition coefficient (Wildman–Crippen LogP) is 1.20. The molecule has 3 aliphatic carbocycles. The Bertz CT molecular complexity index is 825. The highest BCUT2D eigenvalue weighted by atomic mass is 35.5. The number of benzene rings is 1. The Morgan fingerprint density at radius 3 is 2.70 bits per heavy atom. The molecule has 3 saturated carbocycles. The van der Waals surface area contributed by atoms with Crippen LogP contribution in [0.5, 0.6) is 5.75 Å². The molecule has 2 amide bonds. The van der Waals surface area contributed by atoms with Crippen LogP contribution in [0.4, 0.5) is 4.39 Å². The number of halogens is 2. The smallest absolute Gasteiger partial charge is 0.258 e. The van der Waals surface area contributed by atoms with Crippen molar-refractivity contribution in [2.75, 3.05) is 13.2 Å². The normalized spacial score (nSPS) is 32.6. The van der Waals surface area contributed by atoms with E-state index in [0.29, 0.717) is 45.1 Å². The van der Waals surface area contributed by atoms with Crippen molar-refractivity contribution in [3.8, 4) is 5.75 Å². The molecule has 0 spiro atoms. The molecule has 4 aliphatic rings. The maximum absolute atomic E-state index is 13.5. The Balaban J connectivity index is 1.31. The number of amides is 2. The second kappa shape index (κ2) is 8.30. The second-order valence-corrected chi connectivity index (χ2v) is 8.76. The van der Waals surface area contributed by atoms with Crippen molar-refractivity contribution in [2.24, 2.45) is 0 Å². The van der Waals surface area contributed by atoms with Crippen LogP contribution in [-0.4, -0.2) is 53.4 Å². The average Bonchev–Trinajstić information content (AvgIpc) is 3.25. The topological polar surface area (TPSA) is 109 Å². The number of aliphatic hydroxyl groups excluding tert-OH is 1. The van der Waals surface area contributed by atoms with E-state index in [2.05, 4.69) is 16.1 Å². The number of hydroxylamine groups is 1. The van der Waals surface area contributed by atoms with Gasteiger partial charge >= 0.3 is 0 Å². The van der Waals surface area contributed by atoms with Gasteiger partial charge in [-0.05, 0) is 50.7 Å². The quantitative estimate of drug-likeness (QED) is 0.528. The molecule has 10 heteroatoms. The van der Waals surface area contributed by atoms with E-state index in [0.717, 1.165) is 6.07 Å². The van der Waals surface area contributed by atoms with E-state index >= 15 is 0 Å². The first-order chi connectivity index (χ1) is 14.3. The van der Waals surface area contributed by atoms with Gasteiger partial charge in [0.25, 0.3) is 11.8 Å². The van der Waals surface area contributed by atoms with Gasteiger partial charge in [0.1, 0.15) is 11.6 Å². The lowest BCUT2D eigenvalue weighted by Gasteiger charge is -2.56. The van der Waals surface area contributed by atoms with E-state index in [1.807, 2.05) is 0 Å². The fraction of sp³-hybridized carbons (Fsp3) is 0.600. The van der Waals surface area contributed by atoms with Gasteiger partial charge in [0, 0.05) is 18.2 Å². The van der Waals surface area contributed by atoms with E-state index < -0.39 is 29.1 Å². The molecule has 0 radical (unpaired) electrons.